The van der Waals surface area contributed by atoms with Gasteiger partial charge in [0.2, 0.25) is 5.91 Å². The first-order valence-corrected chi connectivity index (χ1v) is 9.03. The SMILES string of the molecule is C[C@@H]1CN(C(=O)C23CCC(=O)N2c2ccccc2S3)CC(C(=O)O)O1. The number of para-hydroxylation sites is 1. The summed E-state index contributed by atoms with van der Waals surface area (Å²) in [6.07, 6.45) is -0.666. The maximum absolute atomic E-state index is 13.4. The summed E-state index contributed by atoms with van der Waals surface area (Å²) >= 11 is 1.40. The third kappa shape index (κ3) is 2.43. The van der Waals surface area contributed by atoms with Gasteiger partial charge in [0, 0.05) is 17.9 Å². The molecule has 1 aromatic rings. The van der Waals surface area contributed by atoms with E-state index in [9.17, 15) is 19.5 Å². The van der Waals surface area contributed by atoms with Gasteiger partial charge < -0.3 is 14.7 Å². The number of nitrogens with zero attached hydrogens (tertiary/aromatic N) is 2. The predicted octanol–water partition coefficient (Wildman–Crippen LogP) is 1.32. The van der Waals surface area contributed by atoms with Crippen molar-refractivity contribution >= 4 is 35.2 Å². The number of thioether (sulfide) groups is 1. The maximum Gasteiger partial charge on any atom is 0.334 e. The molecular weight excluding hydrogens is 344 g/mol. The van der Waals surface area contributed by atoms with Crippen molar-refractivity contribution in [1.82, 2.24) is 4.90 Å². The molecule has 7 nitrogen and oxygen atoms in total. The fraction of sp³-hybridized carbons (Fsp3) is 0.471. The number of morpholine rings is 1. The molecule has 2 unspecified atom stereocenters. The number of hydrogen-bond acceptors (Lipinski definition) is 5. The van der Waals surface area contributed by atoms with Gasteiger partial charge in [-0.2, -0.15) is 0 Å². The van der Waals surface area contributed by atoms with Crippen LogP contribution in [0.4, 0.5) is 5.69 Å². The maximum atomic E-state index is 13.4. The molecule has 8 heteroatoms. The molecule has 25 heavy (non-hydrogen) atoms. The molecule has 0 aliphatic carbocycles. The molecule has 4 rings (SSSR count). The Labute approximate surface area is 148 Å². The highest BCUT2D eigenvalue weighted by Crippen LogP contribution is 2.56. The minimum atomic E-state index is -1.08. The third-order valence-electron chi connectivity index (χ3n) is 4.83. The predicted molar refractivity (Wildman–Crippen MR) is 90.3 cm³/mol. The van der Waals surface area contributed by atoms with Gasteiger partial charge in [-0.1, -0.05) is 23.9 Å². The van der Waals surface area contributed by atoms with Crippen molar-refractivity contribution < 1.29 is 24.2 Å². The highest BCUT2D eigenvalue weighted by molar-refractivity contribution is 8.02. The van der Waals surface area contributed by atoms with Crippen molar-refractivity contribution in [2.75, 3.05) is 18.0 Å². The summed E-state index contributed by atoms with van der Waals surface area (Å²) in [5.74, 6) is -1.36. The van der Waals surface area contributed by atoms with Crippen LogP contribution in [0.1, 0.15) is 19.8 Å². The number of rotatable bonds is 2. The van der Waals surface area contributed by atoms with Crippen molar-refractivity contribution in [2.24, 2.45) is 0 Å². The van der Waals surface area contributed by atoms with E-state index in [0.29, 0.717) is 19.4 Å². The number of carbonyl (C=O) groups excluding carboxylic acids is 2. The molecule has 3 aliphatic heterocycles. The topological polar surface area (TPSA) is 87.2 Å². The van der Waals surface area contributed by atoms with Crippen LogP contribution < -0.4 is 4.90 Å². The molecule has 2 fully saturated rings. The van der Waals surface area contributed by atoms with Gasteiger partial charge >= 0.3 is 5.97 Å². The second-order valence-electron chi connectivity index (χ2n) is 6.57. The Morgan fingerprint density at radius 2 is 2.08 bits per heavy atom. The lowest BCUT2D eigenvalue weighted by atomic mass is 10.1. The molecular formula is C17H18N2O5S. The van der Waals surface area contributed by atoms with Crippen LogP contribution >= 0.6 is 11.8 Å². The molecule has 3 heterocycles. The molecule has 2 saturated heterocycles. The number of fused-ring (bicyclic) bond motifs is 3. The third-order valence-corrected chi connectivity index (χ3v) is 6.29. The van der Waals surface area contributed by atoms with Gasteiger partial charge in [-0.05, 0) is 25.5 Å². The average molecular weight is 362 g/mol. The zero-order valence-corrected chi connectivity index (χ0v) is 14.5. The Hall–Kier alpha value is -2.06. The Bertz CT molecular complexity index is 769. The van der Waals surface area contributed by atoms with E-state index < -0.39 is 16.9 Å². The van der Waals surface area contributed by atoms with Crippen LogP contribution in [0.2, 0.25) is 0 Å². The standard InChI is InChI=1S/C17H18N2O5S/c1-10-8-18(9-12(24-10)15(21)22)16(23)17-7-6-14(20)19(17)11-4-2-3-5-13(11)25-17/h2-5,10,12H,6-9H2,1H3,(H,21,22)/t10-,12?,17?/m1/s1. The van der Waals surface area contributed by atoms with Crippen molar-refractivity contribution in [3.63, 3.8) is 0 Å². The van der Waals surface area contributed by atoms with E-state index in [4.69, 9.17) is 4.74 Å². The van der Waals surface area contributed by atoms with Crippen molar-refractivity contribution in [3.05, 3.63) is 24.3 Å². The second-order valence-corrected chi connectivity index (χ2v) is 7.89. The average Bonchev–Trinajstić information content (AvgIpc) is 3.09. The van der Waals surface area contributed by atoms with Gasteiger partial charge in [0.15, 0.2) is 11.0 Å². The summed E-state index contributed by atoms with van der Waals surface area (Å²) in [6, 6.07) is 7.49. The summed E-state index contributed by atoms with van der Waals surface area (Å²) in [5, 5.41) is 9.26. The van der Waals surface area contributed by atoms with Crippen LogP contribution in [0.5, 0.6) is 0 Å². The fourth-order valence-electron chi connectivity index (χ4n) is 3.78. The zero-order valence-electron chi connectivity index (χ0n) is 13.7. The van der Waals surface area contributed by atoms with E-state index in [1.165, 1.54) is 16.7 Å². The van der Waals surface area contributed by atoms with Gasteiger partial charge in [-0.25, -0.2) is 4.79 Å². The van der Waals surface area contributed by atoms with Gasteiger partial charge in [-0.15, -0.1) is 0 Å². The lowest BCUT2D eigenvalue weighted by Gasteiger charge is -2.40. The van der Waals surface area contributed by atoms with E-state index in [1.54, 1.807) is 11.8 Å². The minimum absolute atomic E-state index is 0.000801. The van der Waals surface area contributed by atoms with Crippen LogP contribution in [-0.2, 0) is 19.1 Å². The van der Waals surface area contributed by atoms with E-state index >= 15 is 0 Å². The quantitative estimate of drug-likeness (QED) is 0.854. The first kappa shape index (κ1) is 16.4. The molecule has 0 radical (unpaired) electrons. The Morgan fingerprint density at radius 1 is 1.32 bits per heavy atom. The largest absolute Gasteiger partial charge is 0.479 e. The smallest absolute Gasteiger partial charge is 0.334 e. The van der Waals surface area contributed by atoms with Gasteiger partial charge in [0.05, 0.1) is 18.3 Å². The minimum Gasteiger partial charge on any atom is -0.479 e. The Morgan fingerprint density at radius 3 is 2.84 bits per heavy atom. The lowest BCUT2D eigenvalue weighted by molar-refractivity contribution is -0.167. The molecule has 2 amide bonds. The molecule has 1 N–H and O–H groups in total. The normalized spacial score (nSPS) is 31.0. The monoisotopic (exact) mass is 362 g/mol. The van der Waals surface area contributed by atoms with Crippen molar-refractivity contribution in [2.45, 2.75) is 41.7 Å². The number of anilines is 1. The van der Waals surface area contributed by atoms with Crippen LogP contribution in [0.3, 0.4) is 0 Å². The fourth-order valence-corrected chi connectivity index (χ4v) is 5.27. The lowest BCUT2D eigenvalue weighted by Crippen LogP contribution is -2.59. The van der Waals surface area contributed by atoms with Crippen LogP contribution in [0.15, 0.2) is 29.2 Å². The molecule has 3 aliphatic rings. The van der Waals surface area contributed by atoms with Crippen molar-refractivity contribution in [1.29, 1.82) is 0 Å². The molecule has 132 valence electrons. The molecule has 0 spiro atoms. The summed E-state index contributed by atoms with van der Waals surface area (Å²) in [5.41, 5.74) is 0.763. The van der Waals surface area contributed by atoms with Crippen LogP contribution in [0, 0.1) is 0 Å². The summed E-state index contributed by atoms with van der Waals surface area (Å²) in [4.78, 5) is 40.2. The number of hydrogen-bond donors (Lipinski definition) is 1. The number of carboxylic acid groups (broad SMARTS) is 1. The van der Waals surface area contributed by atoms with Gasteiger partial charge in [0.1, 0.15) is 0 Å². The van der Waals surface area contributed by atoms with E-state index in [-0.39, 0.29) is 24.5 Å². The molecule has 0 aromatic heterocycles. The number of aliphatic carboxylic acids is 1. The highest BCUT2D eigenvalue weighted by atomic mass is 32.2. The number of carbonyl (C=O) groups is 3. The van der Waals surface area contributed by atoms with Crippen LogP contribution in [-0.4, -0.2) is 58.0 Å². The Balaban J connectivity index is 1.68. The Kier molecular flexibility index (Phi) is 3.77. The van der Waals surface area contributed by atoms with Gasteiger partial charge in [0.25, 0.3) is 5.91 Å². The number of carboxylic acids is 1. The molecule has 0 saturated carbocycles. The van der Waals surface area contributed by atoms with E-state index in [1.807, 2.05) is 24.3 Å². The molecule has 1 aromatic carbocycles. The first-order valence-electron chi connectivity index (χ1n) is 8.21. The summed E-state index contributed by atoms with van der Waals surface area (Å²) < 4.78 is 5.40. The summed E-state index contributed by atoms with van der Waals surface area (Å²) in [7, 11) is 0. The second kappa shape index (κ2) is 5.74. The zero-order chi connectivity index (χ0) is 17.8. The van der Waals surface area contributed by atoms with Crippen molar-refractivity contribution in [3.8, 4) is 0 Å². The van der Waals surface area contributed by atoms with E-state index in [0.717, 1.165) is 10.6 Å². The molecule has 0 bridgehead atoms. The summed E-state index contributed by atoms with van der Waals surface area (Å²) in [6.45, 7) is 2.07. The van der Waals surface area contributed by atoms with Gasteiger partial charge in [-0.3, -0.25) is 14.5 Å². The first-order chi connectivity index (χ1) is 11.9. The number of benzene rings is 1. The van der Waals surface area contributed by atoms with Crippen LogP contribution in [0.25, 0.3) is 0 Å². The number of ether oxygens (including phenoxy) is 1. The van der Waals surface area contributed by atoms with E-state index in [2.05, 4.69) is 0 Å². The molecule has 3 atom stereocenters. The highest BCUT2D eigenvalue weighted by Gasteiger charge is 2.59. The number of amides is 2.